The molecule has 4 nitrogen and oxygen atoms in total. The number of ether oxygens (including phenoxy) is 3. The molecule has 2 aromatic carbocycles. The maximum absolute atomic E-state index is 9.67. The standard InChI is InChI=1S/C19H21ClO4/c1-12(2)19-22-11-17(24-19)18(23-14-6-4-3-5-7-14)13-8-9-16(21)15(20)10-13/h3-10,12,17-19,21H,11H2,1-2H3. The molecule has 0 amide bonds. The molecule has 3 rings (SSSR count). The molecular weight excluding hydrogens is 328 g/mol. The van der Waals surface area contributed by atoms with Crippen molar-refractivity contribution in [2.24, 2.45) is 5.92 Å². The zero-order chi connectivity index (χ0) is 17.1. The van der Waals surface area contributed by atoms with Crippen molar-refractivity contribution in [2.45, 2.75) is 32.3 Å². The van der Waals surface area contributed by atoms with Crippen molar-refractivity contribution in [3.8, 4) is 11.5 Å². The van der Waals surface area contributed by atoms with E-state index in [4.69, 9.17) is 25.8 Å². The van der Waals surface area contributed by atoms with E-state index in [1.54, 1.807) is 18.2 Å². The van der Waals surface area contributed by atoms with Crippen LogP contribution in [0, 0.1) is 5.92 Å². The average molecular weight is 349 g/mol. The van der Waals surface area contributed by atoms with Crippen molar-refractivity contribution >= 4 is 11.6 Å². The Morgan fingerprint density at radius 1 is 1.17 bits per heavy atom. The zero-order valence-corrected chi connectivity index (χ0v) is 14.4. The molecule has 0 radical (unpaired) electrons. The summed E-state index contributed by atoms with van der Waals surface area (Å²) in [5.74, 6) is 1.04. The van der Waals surface area contributed by atoms with Crippen LogP contribution in [0.5, 0.6) is 11.5 Å². The fourth-order valence-electron chi connectivity index (χ4n) is 2.65. The highest BCUT2D eigenvalue weighted by molar-refractivity contribution is 6.32. The molecule has 1 aliphatic rings. The number of hydrogen-bond acceptors (Lipinski definition) is 4. The molecule has 5 heteroatoms. The molecule has 1 fully saturated rings. The number of rotatable bonds is 5. The van der Waals surface area contributed by atoms with Crippen LogP contribution in [0.1, 0.15) is 25.5 Å². The van der Waals surface area contributed by atoms with Gasteiger partial charge in [0.2, 0.25) is 0 Å². The van der Waals surface area contributed by atoms with Crippen molar-refractivity contribution < 1.29 is 19.3 Å². The van der Waals surface area contributed by atoms with Crippen LogP contribution in [0.15, 0.2) is 48.5 Å². The van der Waals surface area contributed by atoms with Gasteiger partial charge in [-0.3, -0.25) is 0 Å². The number of benzene rings is 2. The Hall–Kier alpha value is -1.75. The lowest BCUT2D eigenvalue weighted by atomic mass is 10.0. The number of phenols is 1. The minimum atomic E-state index is -0.380. The van der Waals surface area contributed by atoms with Gasteiger partial charge in [-0.25, -0.2) is 0 Å². The second kappa shape index (κ2) is 7.43. The van der Waals surface area contributed by atoms with E-state index < -0.39 is 0 Å². The Balaban J connectivity index is 1.87. The van der Waals surface area contributed by atoms with Crippen molar-refractivity contribution in [1.29, 1.82) is 0 Å². The molecule has 3 atom stereocenters. The maximum Gasteiger partial charge on any atom is 0.160 e. The van der Waals surface area contributed by atoms with Crippen LogP contribution in [-0.4, -0.2) is 24.1 Å². The van der Waals surface area contributed by atoms with Crippen molar-refractivity contribution in [2.75, 3.05) is 6.61 Å². The Bertz CT molecular complexity index is 674. The molecule has 0 aromatic heterocycles. The average Bonchev–Trinajstić information content (AvgIpc) is 3.06. The largest absolute Gasteiger partial charge is 0.506 e. The van der Waals surface area contributed by atoms with Gasteiger partial charge in [-0.2, -0.15) is 0 Å². The molecule has 0 aliphatic carbocycles. The highest BCUT2D eigenvalue weighted by Crippen LogP contribution is 2.35. The smallest absolute Gasteiger partial charge is 0.160 e. The Morgan fingerprint density at radius 2 is 1.92 bits per heavy atom. The summed E-state index contributed by atoms with van der Waals surface area (Å²) in [5.41, 5.74) is 0.833. The van der Waals surface area contributed by atoms with Crippen LogP contribution >= 0.6 is 11.6 Å². The first kappa shape index (κ1) is 17.1. The quantitative estimate of drug-likeness (QED) is 0.860. The minimum absolute atomic E-state index is 0.0440. The minimum Gasteiger partial charge on any atom is -0.506 e. The third-order valence-corrected chi connectivity index (χ3v) is 4.22. The van der Waals surface area contributed by atoms with Gasteiger partial charge in [0, 0.05) is 5.92 Å². The molecule has 1 saturated heterocycles. The SMILES string of the molecule is CC(C)C1OCC(C(Oc2ccccc2)c2ccc(O)c(Cl)c2)O1. The van der Waals surface area contributed by atoms with Crippen LogP contribution in [0.2, 0.25) is 5.02 Å². The van der Waals surface area contributed by atoms with Gasteiger partial charge in [-0.05, 0) is 29.8 Å². The number of phenolic OH excluding ortho intramolecular Hbond substituents is 1. The highest BCUT2D eigenvalue weighted by atomic mass is 35.5. The zero-order valence-electron chi connectivity index (χ0n) is 13.7. The summed E-state index contributed by atoms with van der Waals surface area (Å²) in [6, 6.07) is 14.6. The molecular formula is C19H21ClO4. The van der Waals surface area contributed by atoms with E-state index in [0.29, 0.717) is 6.61 Å². The lowest BCUT2D eigenvalue weighted by Crippen LogP contribution is -2.27. The first-order valence-corrected chi connectivity index (χ1v) is 8.39. The van der Waals surface area contributed by atoms with E-state index in [9.17, 15) is 5.11 Å². The van der Waals surface area contributed by atoms with E-state index in [1.807, 2.05) is 30.3 Å². The van der Waals surface area contributed by atoms with E-state index in [2.05, 4.69) is 13.8 Å². The van der Waals surface area contributed by atoms with Gasteiger partial charge >= 0.3 is 0 Å². The fraction of sp³-hybridized carbons (Fsp3) is 0.368. The van der Waals surface area contributed by atoms with Gasteiger partial charge in [-0.1, -0.05) is 49.7 Å². The molecule has 0 bridgehead atoms. The number of hydrogen-bond donors (Lipinski definition) is 1. The van der Waals surface area contributed by atoms with Crippen LogP contribution in [0.3, 0.4) is 0 Å². The lowest BCUT2D eigenvalue weighted by molar-refractivity contribution is -0.102. The second-order valence-electron chi connectivity index (χ2n) is 6.18. The molecule has 2 aromatic rings. The van der Waals surface area contributed by atoms with Gasteiger partial charge in [-0.15, -0.1) is 0 Å². The van der Waals surface area contributed by atoms with Gasteiger partial charge in [0.15, 0.2) is 12.4 Å². The highest BCUT2D eigenvalue weighted by Gasteiger charge is 2.36. The first-order valence-electron chi connectivity index (χ1n) is 8.02. The van der Waals surface area contributed by atoms with Gasteiger partial charge in [0.05, 0.1) is 11.6 Å². The van der Waals surface area contributed by atoms with Gasteiger partial charge in [0.1, 0.15) is 17.6 Å². The predicted molar refractivity (Wildman–Crippen MR) is 92.4 cm³/mol. The molecule has 0 spiro atoms. The summed E-state index contributed by atoms with van der Waals surface area (Å²) in [5, 5.41) is 9.95. The summed E-state index contributed by atoms with van der Waals surface area (Å²) in [6.45, 7) is 4.55. The molecule has 24 heavy (non-hydrogen) atoms. The molecule has 128 valence electrons. The van der Waals surface area contributed by atoms with Crippen LogP contribution in [-0.2, 0) is 9.47 Å². The topological polar surface area (TPSA) is 47.9 Å². The number of aromatic hydroxyl groups is 1. The van der Waals surface area contributed by atoms with Crippen molar-refractivity contribution in [3.63, 3.8) is 0 Å². The van der Waals surface area contributed by atoms with Crippen LogP contribution in [0.4, 0.5) is 0 Å². The van der Waals surface area contributed by atoms with Crippen molar-refractivity contribution in [1.82, 2.24) is 0 Å². The molecule has 1 aliphatic heterocycles. The normalized spacial score (nSPS) is 21.8. The van der Waals surface area contributed by atoms with Gasteiger partial charge < -0.3 is 19.3 Å². The lowest BCUT2D eigenvalue weighted by Gasteiger charge is -2.25. The third-order valence-electron chi connectivity index (χ3n) is 3.92. The van der Waals surface area contributed by atoms with Crippen LogP contribution < -0.4 is 4.74 Å². The Labute approximate surface area is 146 Å². The summed E-state index contributed by atoms with van der Waals surface area (Å²) >= 11 is 6.07. The summed E-state index contributed by atoms with van der Waals surface area (Å²) in [4.78, 5) is 0. The number of para-hydroxylation sites is 1. The predicted octanol–water partition coefficient (Wildman–Crippen LogP) is 4.56. The summed E-state index contributed by atoms with van der Waals surface area (Å²) in [7, 11) is 0. The Kier molecular flexibility index (Phi) is 5.29. The molecule has 0 saturated carbocycles. The van der Waals surface area contributed by atoms with E-state index >= 15 is 0 Å². The number of halogens is 1. The summed E-state index contributed by atoms with van der Waals surface area (Å²) < 4.78 is 17.9. The van der Waals surface area contributed by atoms with E-state index in [0.717, 1.165) is 11.3 Å². The van der Waals surface area contributed by atoms with Gasteiger partial charge in [0.25, 0.3) is 0 Å². The maximum atomic E-state index is 9.67. The second-order valence-corrected chi connectivity index (χ2v) is 6.59. The molecule has 1 N–H and O–H groups in total. The Morgan fingerprint density at radius 3 is 2.54 bits per heavy atom. The fourth-order valence-corrected chi connectivity index (χ4v) is 2.84. The molecule has 3 unspecified atom stereocenters. The van der Waals surface area contributed by atoms with E-state index in [1.165, 1.54) is 0 Å². The van der Waals surface area contributed by atoms with Crippen LogP contribution in [0.25, 0.3) is 0 Å². The monoisotopic (exact) mass is 348 g/mol. The first-order chi connectivity index (χ1) is 11.5. The molecule has 1 heterocycles. The third kappa shape index (κ3) is 3.83. The summed E-state index contributed by atoms with van der Waals surface area (Å²) in [6.07, 6.45) is -0.878. The van der Waals surface area contributed by atoms with E-state index in [-0.39, 0.29) is 35.2 Å². The van der Waals surface area contributed by atoms with Crippen molar-refractivity contribution in [3.05, 3.63) is 59.1 Å².